The Morgan fingerprint density at radius 2 is 2.04 bits per heavy atom. The number of fused-ring (bicyclic) bond motifs is 1. The van der Waals surface area contributed by atoms with E-state index >= 15 is 0 Å². The molecule has 0 aliphatic heterocycles. The molecule has 27 heavy (non-hydrogen) atoms. The molecule has 2 saturated carbocycles. The largest absolute Gasteiger partial charge is 0.353 e. The molecule has 2 aliphatic rings. The Balaban J connectivity index is 1.75. The van der Waals surface area contributed by atoms with Crippen molar-refractivity contribution in [2.75, 3.05) is 5.75 Å². The highest BCUT2D eigenvalue weighted by molar-refractivity contribution is 8.00. The number of rotatable bonds is 7. The fourth-order valence-electron chi connectivity index (χ4n) is 2.99. The molecule has 144 valence electrons. The molecule has 2 aromatic heterocycles. The predicted octanol–water partition coefficient (Wildman–Crippen LogP) is 1.70. The van der Waals surface area contributed by atoms with E-state index < -0.39 is 11.2 Å². The van der Waals surface area contributed by atoms with Crippen molar-refractivity contribution < 1.29 is 4.79 Å². The molecular weight excluding hydrogens is 366 g/mol. The molecule has 2 fully saturated rings. The first kappa shape index (κ1) is 18.2. The minimum Gasteiger partial charge on any atom is -0.353 e. The Morgan fingerprint density at radius 3 is 2.67 bits per heavy atom. The topological polar surface area (TPSA) is 110 Å². The Kier molecular flexibility index (Phi) is 4.79. The zero-order valence-corrected chi connectivity index (χ0v) is 16.3. The van der Waals surface area contributed by atoms with Crippen LogP contribution in [0.15, 0.2) is 14.6 Å². The number of nitrogens with one attached hydrogen (secondary N) is 2. The van der Waals surface area contributed by atoms with Crippen molar-refractivity contribution in [1.82, 2.24) is 24.8 Å². The first-order valence-electron chi connectivity index (χ1n) is 9.46. The first-order chi connectivity index (χ1) is 13.0. The number of nitrogens with zero attached hydrogens (tertiary/aromatic N) is 3. The highest BCUT2D eigenvalue weighted by atomic mass is 32.2. The van der Waals surface area contributed by atoms with Crippen LogP contribution in [0.2, 0.25) is 0 Å². The van der Waals surface area contributed by atoms with Gasteiger partial charge in [-0.2, -0.15) is 0 Å². The second kappa shape index (κ2) is 7.10. The van der Waals surface area contributed by atoms with Gasteiger partial charge in [-0.1, -0.05) is 18.7 Å². The quantitative estimate of drug-likeness (QED) is 0.551. The number of hydrogen-bond donors (Lipinski definition) is 2. The number of H-pyrrole nitrogens is 1. The highest BCUT2D eigenvalue weighted by Gasteiger charge is 2.32. The van der Waals surface area contributed by atoms with Gasteiger partial charge in [0.1, 0.15) is 16.2 Å². The number of carbonyl (C=O) groups excluding carboxylic acids is 1. The molecule has 1 atom stereocenters. The molecule has 0 spiro atoms. The summed E-state index contributed by atoms with van der Waals surface area (Å²) >= 11 is 1.23. The average molecular weight is 389 g/mol. The summed E-state index contributed by atoms with van der Waals surface area (Å²) in [5, 5.41) is 3.71. The van der Waals surface area contributed by atoms with Crippen molar-refractivity contribution in [1.29, 1.82) is 0 Å². The second-order valence-corrected chi connectivity index (χ2v) is 8.35. The molecule has 2 aliphatic carbocycles. The van der Waals surface area contributed by atoms with Gasteiger partial charge >= 0.3 is 5.69 Å². The number of amides is 1. The normalized spacial score (nSPS) is 17.9. The number of hydrogen-bond acceptors (Lipinski definition) is 6. The van der Waals surface area contributed by atoms with E-state index in [0.29, 0.717) is 21.9 Å². The number of thioether (sulfide) groups is 1. The molecule has 2 aromatic rings. The molecule has 4 rings (SSSR count). The zero-order chi connectivity index (χ0) is 19.1. The van der Waals surface area contributed by atoms with Crippen LogP contribution in [0.3, 0.4) is 0 Å². The third-order valence-corrected chi connectivity index (χ3v) is 5.96. The SMILES string of the molecule is CC[C@@H](C)NC(=O)CSc1nc(C2CC2)nc2c1c(=O)[nH]c(=O)n2C1CC1. The lowest BCUT2D eigenvalue weighted by Crippen LogP contribution is -2.33. The van der Waals surface area contributed by atoms with Crippen LogP contribution >= 0.6 is 11.8 Å². The van der Waals surface area contributed by atoms with Crippen molar-refractivity contribution in [2.45, 2.75) is 69.0 Å². The minimum absolute atomic E-state index is 0.0883. The Bertz CT molecular complexity index is 1010. The lowest BCUT2D eigenvalue weighted by Gasteiger charge is -2.13. The van der Waals surface area contributed by atoms with Crippen LogP contribution in [0.4, 0.5) is 0 Å². The molecule has 2 heterocycles. The maximum atomic E-state index is 12.5. The summed E-state index contributed by atoms with van der Waals surface area (Å²) < 4.78 is 1.59. The maximum absolute atomic E-state index is 12.5. The molecular formula is C18H23N5O3S. The van der Waals surface area contributed by atoms with E-state index in [-0.39, 0.29) is 29.7 Å². The average Bonchev–Trinajstić information content (AvgIpc) is 3.52. The van der Waals surface area contributed by atoms with E-state index in [2.05, 4.69) is 20.3 Å². The van der Waals surface area contributed by atoms with Crippen LogP contribution in [0.25, 0.3) is 11.0 Å². The lowest BCUT2D eigenvalue weighted by atomic mass is 10.3. The van der Waals surface area contributed by atoms with E-state index in [9.17, 15) is 14.4 Å². The molecule has 0 radical (unpaired) electrons. The van der Waals surface area contributed by atoms with Crippen LogP contribution < -0.4 is 16.6 Å². The Morgan fingerprint density at radius 1 is 1.30 bits per heavy atom. The van der Waals surface area contributed by atoms with Gasteiger partial charge in [0.25, 0.3) is 5.56 Å². The van der Waals surface area contributed by atoms with Crippen molar-refractivity contribution in [3.63, 3.8) is 0 Å². The molecule has 9 heteroatoms. The molecule has 2 N–H and O–H groups in total. The van der Waals surface area contributed by atoms with Crippen LogP contribution in [0, 0.1) is 0 Å². The number of aromatic amines is 1. The van der Waals surface area contributed by atoms with Crippen molar-refractivity contribution in [3.05, 3.63) is 26.7 Å². The summed E-state index contributed by atoms with van der Waals surface area (Å²) in [5.74, 6) is 1.03. The summed E-state index contributed by atoms with van der Waals surface area (Å²) in [6.07, 6.45) is 4.70. The fourth-order valence-corrected chi connectivity index (χ4v) is 3.82. The predicted molar refractivity (Wildman–Crippen MR) is 103 cm³/mol. The smallest absolute Gasteiger partial charge is 0.330 e. The summed E-state index contributed by atoms with van der Waals surface area (Å²) in [4.78, 5) is 48.6. The zero-order valence-electron chi connectivity index (χ0n) is 15.4. The highest BCUT2D eigenvalue weighted by Crippen LogP contribution is 2.40. The fraction of sp³-hybridized carbons (Fsp3) is 0.611. The summed E-state index contributed by atoms with van der Waals surface area (Å²) in [6, 6.07) is 0.191. The first-order valence-corrected chi connectivity index (χ1v) is 10.4. The van der Waals surface area contributed by atoms with Crippen LogP contribution in [0.1, 0.15) is 63.7 Å². The van der Waals surface area contributed by atoms with Gasteiger partial charge in [0.05, 0.1) is 5.75 Å². The van der Waals surface area contributed by atoms with E-state index in [1.807, 2.05) is 13.8 Å². The number of carbonyl (C=O) groups is 1. The number of aromatic nitrogens is 4. The van der Waals surface area contributed by atoms with Crippen molar-refractivity contribution in [3.8, 4) is 0 Å². The van der Waals surface area contributed by atoms with E-state index in [0.717, 1.165) is 32.1 Å². The van der Waals surface area contributed by atoms with E-state index in [1.165, 1.54) is 11.8 Å². The Hall–Kier alpha value is -2.16. The van der Waals surface area contributed by atoms with E-state index in [1.54, 1.807) is 4.57 Å². The summed E-state index contributed by atoms with van der Waals surface area (Å²) in [6.45, 7) is 3.96. The van der Waals surface area contributed by atoms with Crippen molar-refractivity contribution >= 4 is 28.7 Å². The molecule has 0 unspecified atom stereocenters. The molecule has 0 saturated heterocycles. The van der Waals surface area contributed by atoms with Gasteiger partial charge in [0, 0.05) is 18.0 Å². The Labute approximate surface area is 160 Å². The third-order valence-electron chi connectivity index (χ3n) is 4.98. The monoisotopic (exact) mass is 389 g/mol. The van der Waals surface area contributed by atoms with Gasteiger partial charge in [-0.05, 0) is 39.0 Å². The van der Waals surface area contributed by atoms with Crippen molar-refractivity contribution in [2.24, 2.45) is 0 Å². The van der Waals surface area contributed by atoms with Gasteiger partial charge < -0.3 is 5.32 Å². The molecule has 1 amide bonds. The summed E-state index contributed by atoms with van der Waals surface area (Å²) in [5.41, 5.74) is -0.493. The minimum atomic E-state index is -0.487. The third kappa shape index (κ3) is 3.78. The van der Waals surface area contributed by atoms with Gasteiger partial charge in [0.2, 0.25) is 5.91 Å². The van der Waals surface area contributed by atoms with Crippen LogP contribution in [-0.4, -0.2) is 37.2 Å². The van der Waals surface area contributed by atoms with Gasteiger partial charge in [0.15, 0.2) is 5.65 Å². The summed E-state index contributed by atoms with van der Waals surface area (Å²) in [7, 11) is 0. The van der Waals surface area contributed by atoms with E-state index in [4.69, 9.17) is 0 Å². The lowest BCUT2D eigenvalue weighted by molar-refractivity contribution is -0.119. The van der Waals surface area contributed by atoms with Crippen LogP contribution in [0.5, 0.6) is 0 Å². The molecule has 0 aromatic carbocycles. The molecule has 8 nitrogen and oxygen atoms in total. The maximum Gasteiger partial charge on any atom is 0.330 e. The second-order valence-electron chi connectivity index (χ2n) is 7.39. The van der Waals surface area contributed by atoms with Gasteiger partial charge in [-0.3, -0.25) is 19.1 Å². The standard InChI is InChI=1S/C18H23N5O3S/c1-3-9(2)19-12(24)8-27-17-13-15(20-14(21-17)10-4-5-10)23(11-6-7-11)18(26)22-16(13)25/h9-11H,3-8H2,1-2H3,(H,19,24)(H,22,25,26)/t9-/m1/s1. The van der Waals surface area contributed by atoms with Crippen LogP contribution in [-0.2, 0) is 4.79 Å². The van der Waals surface area contributed by atoms with Gasteiger partial charge in [-0.25, -0.2) is 14.8 Å². The van der Waals surface area contributed by atoms with Gasteiger partial charge in [-0.15, -0.1) is 0 Å². The molecule has 0 bridgehead atoms.